The zero-order valence-corrected chi connectivity index (χ0v) is 24.2. The van der Waals surface area contributed by atoms with Crippen LogP contribution in [0.15, 0.2) is 77.7 Å². The summed E-state index contributed by atoms with van der Waals surface area (Å²) in [6.07, 6.45) is 0. The Morgan fingerprint density at radius 1 is 1.00 bits per heavy atom. The molecule has 0 aliphatic carbocycles. The molecular weight excluding hydrogens is 558 g/mol. The number of piperazine rings is 1. The number of anilines is 2. The molecule has 1 saturated heterocycles. The van der Waals surface area contributed by atoms with Crippen LogP contribution >= 0.6 is 0 Å². The molecule has 42 heavy (non-hydrogen) atoms. The first kappa shape index (κ1) is 29.4. The summed E-state index contributed by atoms with van der Waals surface area (Å²) >= 11 is 0. The van der Waals surface area contributed by atoms with Gasteiger partial charge in [0.25, 0.3) is 15.9 Å². The smallest absolute Gasteiger partial charge is 0.335 e. The van der Waals surface area contributed by atoms with Crippen molar-refractivity contribution < 1.29 is 28.0 Å². The van der Waals surface area contributed by atoms with E-state index in [4.69, 9.17) is 4.84 Å². The van der Waals surface area contributed by atoms with Gasteiger partial charge in [-0.05, 0) is 36.9 Å². The molecule has 0 unspecified atom stereocenters. The summed E-state index contributed by atoms with van der Waals surface area (Å²) in [5.74, 6) is -1.55. The van der Waals surface area contributed by atoms with Crippen molar-refractivity contribution in [3.8, 4) is 0 Å². The minimum Gasteiger partial charge on any atom is -0.478 e. The Bertz CT molecular complexity index is 1620. The molecule has 2 heterocycles. The maximum absolute atomic E-state index is 13.7. The van der Waals surface area contributed by atoms with Gasteiger partial charge in [-0.1, -0.05) is 53.0 Å². The average molecular weight is 592 g/mol. The van der Waals surface area contributed by atoms with E-state index in [1.165, 1.54) is 25.2 Å². The number of benzene rings is 3. The van der Waals surface area contributed by atoms with Crippen LogP contribution in [0.1, 0.15) is 21.5 Å². The highest BCUT2D eigenvalue weighted by Gasteiger charge is 2.31. The van der Waals surface area contributed by atoms with Crippen molar-refractivity contribution in [2.24, 2.45) is 0 Å². The largest absolute Gasteiger partial charge is 0.478 e. The number of fused-ring (bicyclic) bond motifs is 1. The van der Waals surface area contributed by atoms with Crippen LogP contribution in [0.3, 0.4) is 0 Å². The highest BCUT2D eigenvalue weighted by atomic mass is 32.2. The predicted octanol–water partition coefficient (Wildman–Crippen LogP) is 3.12. The summed E-state index contributed by atoms with van der Waals surface area (Å²) in [5.41, 5.74) is 2.43. The van der Waals surface area contributed by atoms with Crippen molar-refractivity contribution >= 4 is 44.5 Å². The van der Waals surface area contributed by atoms with Gasteiger partial charge in [-0.3, -0.25) is 14.5 Å². The number of hydroxylamine groups is 1. The number of carboxylic acid groups (broad SMARTS) is 1. The van der Waals surface area contributed by atoms with Crippen molar-refractivity contribution in [2.75, 3.05) is 64.1 Å². The van der Waals surface area contributed by atoms with Crippen LogP contribution in [0.5, 0.6) is 0 Å². The van der Waals surface area contributed by atoms with Gasteiger partial charge >= 0.3 is 5.97 Å². The molecule has 1 fully saturated rings. The van der Waals surface area contributed by atoms with Gasteiger partial charge in [-0.15, -0.1) is 0 Å². The van der Waals surface area contributed by atoms with E-state index < -0.39 is 21.9 Å². The van der Waals surface area contributed by atoms with Crippen molar-refractivity contribution in [2.45, 2.75) is 4.90 Å². The highest BCUT2D eigenvalue weighted by molar-refractivity contribution is 7.89. The van der Waals surface area contributed by atoms with Crippen molar-refractivity contribution in [1.29, 1.82) is 0 Å². The quantitative estimate of drug-likeness (QED) is 0.240. The van der Waals surface area contributed by atoms with Gasteiger partial charge < -0.3 is 20.6 Å². The molecule has 220 valence electrons. The van der Waals surface area contributed by atoms with Crippen molar-refractivity contribution in [1.82, 2.24) is 14.3 Å². The van der Waals surface area contributed by atoms with Crippen LogP contribution in [-0.2, 0) is 19.7 Å². The number of aromatic carboxylic acids is 1. The van der Waals surface area contributed by atoms with Crippen LogP contribution in [0.25, 0.3) is 11.3 Å². The summed E-state index contributed by atoms with van der Waals surface area (Å²) in [4.78, 5) is 34.9. The number of carbonyl (C=O) groups excluding carboxylic acids is 1. The molecule has 12 heteroatoms. The van der Waals surface area contributed by atoms with Crippen LogP contribution in [0.2, 0.25) is 0 Å². The van der Waals surface area contributed by atoms with E-state index >= 15 is 0 Å². The van der Waals surface area contributed by atoms with Gasteiger partial charge in [-0.25, -0.2) is 13.2 Å². The zero-order chi connectivity index (χ0) is 29.9. The second kappa shape index (κ2) is 12.4. The zero-order valence-electron chi connectivity index (χ0n) is 23.4. The molecule has 1 amide bonds. The van der Waals surface area contributed by atoms with Crippen molar-refractivity contribution in [3.05, 3.63) is 89.5 Å². The number of likely N-dealkylation sites (N-methyl/N-ethyl adjacent to an activating group) is 1. The third kappa shape index (κ3) is 6.22. The van der Waals surface area contributed by atoms with E-state index in [1.807, 2.05) is 18.2 Å². The van der Waals surface area contributed by atoms with E-state index in [2.05, 4.69) is 27.5 Å². The average Bonchev–Trinajstić information content (AvgIpc) is 3.32. The molecule has 0 aromatic heterocycles. The summed E-state index contributed by atoms with van der Waals surface area (Å²) in [5, 5.41) is 15.4. The van der Waals surface area contributed by atoms with Crippen LogP contribution < -0.4 is 10.6 Å². The second-order valence-corrected chi connectivity index (χ2v) is 12.1. The number of rotatable bonds is 10. The lowest BCUT2D eigenvalue weighted by molar-refractivity contribution is -0.110. The third-order valence-electron chi connectivity index (χ3n) is 7.36. The Kier molecular flexibility index (Phi) is 8.71. The lowest BCUT2D eigenvalue weighted by Gasteiger charge is -2.32. The SMILES string of the molecule is CN1CCN(CCON(C)S(=O)(=O)c2ccccc2NC(=C2C(=O)Nc3cc(C(=O)O)ccc32)c2ccccc2)CC1. The predicted molar refractivity (Wildman–Crippen MR) is 160 cm³/mol. The number of amides is 1. The van der Waals surface area contributed by atoms with E-state index in [0.29, 0.717) is 29.1 Å². The summed E-state index contributed by atoms with van der Waals surface area (Å²) in [6.45, 7) is 4.52. The van der Waals surface area contributed by atoms with Gasteiger partial charge in [0, 0.05) is 45.3 Å². The minimum absolute atomic E-state index is 0.0269. The fourth-order valence-electron chi connectivity index (χ4n) is 4.95. The molecule has 0 radical (unpaired) electrons. The first-order chi connectivity index (χ1) is 20.1. The van der Waals surface area contributed by atoms with Crippen LogP contribution in [0.4, 0.5) is 11.4 Å². The number of carbonyl (C=O) groups is 2. The monoisotopic (exact) mass is 591 g/mol. The minimum atomic E-state index is -4.09. The topological polar surface area (TPSA) is 132 Å². The maximum Gasteiger partial charge on any atom is 0.335 e. The number of hydrogen-bond donors (Lipinski definition) is 3. The van der Waals surface area contributed by atoms with Crippen molar-refractivity contribution in [3.63, 3.8) is 0 Å². The Labute approximate surface area is 245 Å². The lowest BCUT2D eigenvalue weighted by atomic mass is 9.99. The summed E-state index contributed by atoms with van der Waals surface area (Å²) in [7, 11) is -0.645. The molecule has 3 aromatic rings. The van der Waals surface area contributed by atoms with Gasteiger partial charge in [0.2, 0.25) is 0 Å². The molecule has 11 nitrogen and oxygen atoms in total. The van der Waals surface area contributed by atoms with E-state index in [0.717, 1.165) is 30.6 Å². The highest BCUT2D eigenvalue weighted by Crippen LogP contribution is 2.39. The Balaban J connectivity index is 1.46. The molecule has 5 rings (SSSR count). The van der Waals surface area contributed by atoms with Gasteiger partial charge in [-0.2, -0.15) is 0 Å². The van der Waals surface area contributed by atoms with Crippen LogP contribution in [0, 0.1) is 0 Å². The number of nitrogens with zero attached hydrogens (tertiary/aromatic N) is 3. The van der Waals surface area contributed by atoms with Gasteiger partial charge in [0.1, 0.15) is 4.90 Å². The van der Waals surface area contributed by atoms with Crippen LogP contribution in [-0.4, -0.2) is 93.1 Å². The fraction of sp³-hybridized carbons (Fsp3) is 0.267. The molecule has 0 saturated carbocycles. The Morgan fingerprint density at radius 2 is 1.69 bits per heavy atom. The Morgan fingerprint density at radius 3 is 2.40 bits per heavy atom. The summed E-state index contributed by atoms with van der Waals surface area (Å²) in [6, 6.07) is 19.9. The van der Waals surface area contributed by atoms with Gasteiger partial charge in [0.05, 0.1) is 34.8 Å². The molecular formula is C30H33N5O6S. The maximum atomic E-state index is 13.7. The molecule has 0 atom stereocenters. The van der Waals surface area contributed by atoms with Gasteiger partial charge in [0.15, 0.2) is 0 Å². The molecule has 3 N–H and O–H groups in total. The second-order valence-electron chi connectivity index (χ2n) is 10.1. The molecule has 3 aromatic carbocycles. The number of hydrogen-bond acceptors (Lipinski definition) is 8. The summed E-state index contributed by atoms with van der Waals surface area (Å²) < 4.78 is 28.2. The number of para-hydroxylation sites is 1. The molecule has 2 aliphatic rings. The normalized spacial score (nSPS) is 17.2. The number of sulfonamides is 1. The van der Waals surface area contributed by atoms with E-state index in [1.54, 1.807) is 36.4 Å². The fourth-order valence-corrected chi connectivity index (χ4v) is 6.08. The first-order valence-electron chi connectivity index (χ1n) is 13.5. The lowest BCUT2D eigenvalue weighted by Crippen LogP contribution is -2.46. The van der Waals surface area contributed by atoms with E-state index in [-0.39, 0.29) is 28.3 Å². The number of carboxylic acids is 1. The molecule has 0 bridgehead atoms. The van der Waals surface area contributed by atoms with E-state index in [9.17, 15) is 23.1 Å². The third-order valence-corrected chi connectivity index (χ3v) is 9.06. The molecule has 2 aliphatic heterocycles. The first-order valence-corrected chi connectivity index (χ1v) is 15.0. The molecule has 0 spiro atoms. The Hall–Kier alpha value is -4.07. The standard InChI is InChI=1S/C30H33N5O6S/c1-33-14-16-35(17-15-33)18-19-41-34(2)42(39,40)26-11-7-6-10-24(26)31-28(21-8-4-3-5-9-21)27-23-13-12-22(30(37)38)20-25(23)32-29(27)36/h3-13,20,31H,14-19H2,1-2H3,(H,32,36)(H,37,38). The number of nitrogens with one attached hydrogen (secondary N) is 2.